The topological polar surface area (TPSA) is 95.5 Å². The standard InChI is InChI=1S/C16H24N2O4/c1-9(19)17-15-4-11-6-16(8-15,18-10(2)20)7-12(5-15)13(11)3-14(21)22/h11-13H,3-8H2,1-2H3,(H,17,19)(H,18,20)(H,21,22). The van der Waals surface area contributed by atoms with Crippen LogP contribution in [0.5, 0.6) is 0 Å². The van der Waals surface area contributed by atoms with Crippen molar-refractivity contribution in [3.05, 3.63) is 0 Å². The summed E-state index contributed by atoms with van der Waals surface area (Å²) in [5, 5.41) is 15.4. The van der Waals surface area contributed by atoms with Gasteiger partial charge in [-0.25, -0.2) is 0 Å². The lowest BCUT2D eigenvalue weighted by Gasteiger charge is -2.64. The molecule has 0 aromatic carbocycles. The van der Waals surface area contributed by atoms with Gasteiger partial charge in [-0.15, -0.1) is 0 Å². The van der Waals surface area contributed by atoms with Gasteiger partial charge in [0.05, 0.1) is 0 Å². The van der Waals surface area contributed by atoms with E-state index in [0.717, 1.165) is 32.1 Å². The summed E-state index contributed by atoms with van der Waals surface area (Å²) in [6, 6.07) is 0. The normalized spacial score (nSPS) is 42.0. The van der Waals surface area contributed by atoms with E-state index in [0.29, 0.717) is 0 Å². The van der Waals surface area contributed by atoms with Crippen LogP contribution < -0.4 is 10.6 Å². The Morgan fingerprint density at radius 1 is 0.955 bits per heavy atom. The average Bonchev–Trinajstić information content (AvgIpc) is 2.29. The molecule has 4 bridgehead atoms. The molecule has 4 fully saturated rings. The third-order valence-electron chi connectivity index (χ3n) is 5.79. The molecule has 3 N–H and O–H groups in total. The second-order valence-electron chi connectivity index (χ2n) is 7.70. The molecule has 0 aromatic rings. The minimum atomic E-state index is -0.750. The van der Waals surface area contributed by atoms with Crippen LogP contribution in [0.15, 0.2) is 0 Å². The molecule has 4 aliphatic carbocycles. The first-order valence-corrected chi connectivity index (χ1v) is 8.02. The number of carbonyl (C=O) groups is 3. The minimum Gasteiger partial charge on any atom is -0.481 e. The molecule has 0 spiro atoms. The maximum Gasteiger partial charge on any atom is 0.303 e. The van der Waals surface area contributed by atoms with E-state index >= 15 is 0 Å². The van der Waals surface area contributed by atoms with Gasteiger partial charge in [0.15, 0.2) is 0 Å². The molecule has 0 atom stereocenters. The monoisotopic (exact) mass is 308 g/mol. The molecule has 4 saturated carbocycles. The summed E-state index contributed by atoms with van der Waals surface area (Å²) in [4.78, 5) is 34.4. The van der Waals surface area contributed by atoms with Crippen molar-refractivity contribution in [1.82, 2.24) is 10.6 Å². The second-order valence-corrected chi connectivity index (χ2v) is 7.70. The zero-order valence-corrected chi connectivity index (χ0v) is 13.1. The first kappa shape index (κ1) is 15.3. The largest absolute Gasteiger partial charge is 0.481 e. The summed E-state index contributed by atoms with van der Waals surface area (Å²) in [5.74, 6) is -0.155. The van der Waals surface area contributed by atoms with Crippen molar-refractivity contribution in [3.63, 3.8) is 0 Å². The predicted molar refractivity (Wildman–Crippen MR) is 78.9 cm³/mol. The lowest BCUT2D eigenvalue weighted by molar-refractivity contribution is -0.150. The summed E-state index contributed by atoms with van der Waals surface area (Å²) in [7, 11) is 0. The van der Waals surface area contributed by atoms with Crippen molar-refractivity contribution in [2.24, 2.45) is 17.8 Å². The molecule has 0 aromatic heterocycles. The molecule has 122 valence electrons. The fourth-order valence-corrected chi connectivity index (χ4v) is 5.82. The number of rotatable bonds is 4. The molecule has 6 heteroatoms. The van der Waals surface area contributed by atoms with Gasteiger partial charge < -0.3 is 15.7 Å². The molecule has 0 saturated heterocycles. The highest BCUT2D eigenvalue weighted by molar-refractivity contribution is 5.75. The van der Waals surface area contributed by atoms with Crippen molar-refractivity contribution in [3.8, 4) is 0 Å². The molecule has 6 nitrogen and oxygen atoms in total. The third-order valence-corrected chi connectivity index (χ3v) is 5.79. The van der Waals surface area contributed by atoms with Crippen molar-refractivity contribution < 1.29 is 19.5 Å². The van der Waals surface area contributed by atoms with Crippen LogP contribution in [0.1, 0.15) is 52.4 Å². The Labute approximate surface area is 130 Å². The Kier molecular flexibility index (Phi) is 3.45. The van der Waals surface area contributed by atoms with Gasteiger partial charge in [-0.05, 0) is 49.9 Å². The highest BCUT2D eigenvalue weighted by Gasteiger charge is 2.61. The van der Waals surface area contributed by atoms with Gasteiger partial charge in [0.2, 0.25) is 11.8 Å². The van der Waals surface area contributed by atoms with E-state index in [9.17, 15) is 19.5 Å². The van der Waals surface area contributed by atoms with E-state index in [1.165, 1.54) is 13.8 Å². The quantitative estimate of drug-likeness (QED) is 0.723. The predicted octanol–water partition coefficient (Wildman–Crippen LogP) is 1.05. The highest BCUT2D eigenvalue weighted by atomic mass is 16.4. The first-order chi connectivity index (χ1) is 10.2. The van der Waals surface area contributed by atoms with Crippen molar-refractivity contribution >= 4 is 17.8 Å². The number of carbonyl (C=O) groups excluding carboxylic acids is 2. The number of hydrogen-bond acceptors (Lipinski definition) is 3. The molecular weight excluding hydrogens is 284 g/mol. The van der Waals surface area contributed by atoms with E-state index < -0.39 is 5.97 Å². The molecule has 0 radical (unpaired) electrons. The van der Waals surface area contributed by atoms with E-state index in [4.69, 9.17) is 0 Å². The van der Waals surface area contributed by atoms with Gasteiger partial charge in [-0.3, -0.25) is 14.4 Å². The van der Waals surface area contributed by atoms with Crippen LogP contribution in [0.4, 0.5) is 0 Å². The fourth-order valence-electron chi connectivity index (χ4n) is 5.82. The molecule has 2 amide bonds. The molecule has 0 unspecified atom stereocenters. The Hall–Kier alpha value is -1.59. The van der Waals surface area contributed by atoms with E-state index in [1.807, 2.05) is 0 Å². The van der Waals surface area contributed by atoms with Gasteiger partial charge in [-0.1, -0.05) is 0 Å². The van der Waals surface area contributed by atoms with Gasteiger partial charge in [0.1, 0.15) is 0 Å². The average molecular weight is 308 g/mol. The summed E-state index contributed by atoms with van der Waals surface area (Å²) in [6.07, 6.45) is 4.31. The number of nitrogens with one attached hydrogen (secondary N) is 2. The minimum absolute atomic E-state index is 0.0466. The lowest BCUT2D eigenvalue weighted by Crippen LogP contribution is -2.71. The zero-order chi connectivity index (χ0) is 16.1. The summed E-state index contributed by atoms with van der Waals surface area (Å²) in [5.41, 5.74) is -0.537. The van der Waals surface area contributed by atoms with Crippen LogP contribution in [0.25, 0.3) is 0 Å². The number of hydrogen-bond donors (Lipinski definition) is 3. The van der Waals surface area contributed by atoms with Gasteiger partial charge in [0.25, 0.3) is 0 Å². The number of carboxylic acids is 1. The molecular formula is C16H24N2O4. The molecule has 0 heterocycles. The van der Waals surface area contributed by atoms with Gasteiger partial charge in [-0.2, -0.15) is 0 Å². The SMILES string of the molecule is CC(=O)NC12CC3CC(NC(C)=O)(CC(C1)C3CC(=O)O)C2. The third kappa shape index (κ3) is 2.59. The van der Waals surface area contributed by atoms with Crippen LogP contribution in [-0.2, 0) is 14.4 Å². The molecule has 4 rings (SSSR count). The van der Waals surface area contributed by atoms with Crippen LogP contribution in [-0.4, -0.2) is 34.0 Å². The summed E-state index contributed by atoms with van der Waals surface area (Å²) >= 11 is 0. The van der Waals surface area contributed by atoms with E-state index in [-0.39, 0.29) is 47.1 Å². The van der Waals surface area contributed by atoms with Crippen molar-refractivity contribution in [1.29, 1.82) is 0 Å². The zero-order valence-electron chi connectivity index (χ0n) is 13.1. The van der Waals surface area contributed by atoms with Crippen LogP contribution >= 0.6 is 0 Å². The van der Waals surface area contributed by atoms with Crippen LogP contribution in [0, 0.1) is 17.8 Å². The van der Waals surface area contributed by atoms with Crippen LogP contribution in [0.3, 0.4) is 0 Å². The fraction of sp³-hybridized carbons (Fsp3) is 0.812. The van der Waals surface area contributed by atoms with E-state index in [1.54, 1.807) is 0 Å². The van der Waals surface area contributed by atoms with Crippen LogP contribution in [0.2, 0.25) is 0 Å². The van der Waals surface area contributed by atoms with E-state index in [2.05, 4.69) is 10.6 Å². The van der Waals surface area contributed by atoms with Crippen molar-refractivity contribution in [2.45, 2.75) is 63.5 Å². The van der Waals surface area contributed by atoms with Crippen molar-refractivity contribution in [2.75, 3.05) is 0 Å². The van der Waals surface area contributed by atoms with Gasteiger partial charge in [0, 0.05) is 31.3 Å². The smallest absolute Gasteiger partial charge is 0.303 e. The maximum atomic E-state index is 11.6. The Morgan fingerprint density at radius 2 is 1.36 bits per heavy atom. The Bertz CT molecular complexity index is 480. The van der Waals surface area contributed by atoms with Gasteiger partial charge >= 0.3 is 5.97 Å². The number of amides is 2. The first-order valence-electron chi connectivity index (χ1n) is 8.02. The lowest BCUT2D eigenvalue weighted by atomic mass is 9.46. The number of carboxylic acid groups (broad SMARTS) is 1. The Balaban J connectivity index is 1.89. The summed E-state index contributed by atoms with van der Waals surface area (Å²) in [6.45, 7) is 3.05. The highest BCUT2D eigenvalue weighted by Crippen LogP contribution is 2.60. The molecule has 4 aliphatic rings. The Morgan fingerprint density at radius 3 is 1.68 bits per heavy atom. The number of aliphatic carboxylic acids is 1. The molecule has 0 aliphatic heterocycles. The molecule has 22 heavy (non-hydrogen) atoms. The maximum absolute atomic E-state index is 11.6. The summed E-state index contributed by atoms with van der Waals surface area (Å²) < 4.78 is 0. The second kappa shape index (κ2) is 4.96.